The Morgan fingerprint density at radius 3 is 2.69 bits per heavy atom. The lowest BCUT2D eigenvalue weighted by Crippen LogP contribution is -2.26. The summed E-state index contributed by atoms with van der Waals surface area (Å²) in [7, 11) is 0. The summed E-state index contributed by atoms with van der Waals surface area (Å²) in [6.45, 7) is 0.287. The number of nitrogens with zero attached hydrogens (tertiary/aromatic N) is 2. The van der Waals surface area contributed by atoms with Gasteiger partial charge in [0.1, 0.15) is 0 Å². The number of aliphatic carboxylic acids is 1. The molecule has 0 aromatic carbocycles. The quantitative estimate of drug-likeness (QED) is 0.744. The number of carbonyl (C=O) groups excluding carboxylic acids is 1. The maximum absolute atomic E-state index is 11.4. The molecule has 0 aliphatic carbocycles. The Morgan fingerprint density at radius 1 is 1.38 bits per heavy atom. The summed E-state index contributed by atoms with van der Waals surface area (Å²) in [5.41, 5.74) is 0.153. The molecule has 1 aromatic rings. The van der Waals surface area contributed by atoms with Crippen molar-refractivity contribution in [3.63, 3.8) is 0 Å². The molecule has 86 valence electrons. The number of carbonyl (C=O) groups is 2. The number of rotatable bonds is 5. The maximum atomic E-state index is 11.4. The topological polar surface area (TPSA) is 92.2 Å². The van der Waals surface area contributed by atoms with E-state index in [1.165, 1.54) is 12.1 Å². The highest BCUT2D eigenvalue weighted by molar-refractivity contribution is 6.29. The zero-order valence-corrected chi connectivity index (χ0v) is 9.07. The molecule has 0 spiro atoms. The van der Waals surface area contributed by atoms with E-state index in [4.69, 9.17) is 16.7 Å². The summed E-state index contributed by atoms with van der Waals surface area (Å²) in [5.74, 6) is -1.28. The summed E-state index contributed by atoms with van der Waals surface area (Å²) < 4.78 is 0. The van der Waals surface area contributed by atoms with Crippen molar-refractivity contribution in [3.05, 3.63) is 23.0 Å². The highest BCUT2D eigenvalue weighted by Crippen LogP contribution is 2.01. The van der Waals surface area contributed by atoms with Gasteiger partial charge in [-0.25, -0.2) is 0 Å². The molecule has 0 aliphatic rings. The molecular weight excluding hydrogens is 234 g/mol. The summed E-state index contributed by atoms with van der Waals surface area (Å²) in [6, 6.07) is 2.91. The number of hydrogen-bond donors (Lipinski definition) is 2. The molecule has 0 atom stereocenters. The Balaban J connectivity index is 2.35. The van der Waals surface area contributed by atoms with Crippen LogP contribution in [0.3, 0.4) is 0 Å². The average molecular weight is 244 g/mol. The van der Waals surface area contributed by atoms with Crippen LogP contribution in [0.25, 0.3) is 0 Å². The Morgan fingerprint density at radius 2 is 2.12 bits per heavy atom. The molecular formula is C9H10ClN3O3. The summed E-state index contributed by atoms with van der Waals surface area (Å²) in [4.78, 5) is 21.6. The largest absolute Gasteiger partial charge is 0.481 e. The first-order valence-electron chi connectivity index (χ1n) is 4.59. The van der Waals surface area contributed by atoms with Gasteiger partial charge in [0.2, 0.25) is 0 Å². The van der Waals surface area contributed by atoms with E-state index in [0.717, 1.165) is 0 Å². The van der Waals surface area contributed by atoms with Gasteiger partial charge in [0.05, 0.1) is 0 Å². The monoisotopic (exact) mass is 243 g/mol. The molecule has 0 bridgehead atoms. The third-order valence-corrected chi connectivity index (χ3v) is 1.92. The molecule has 0 saturated heterocycles. The van der Waals surface area contributed by atoms with Crippen LogP contribution in [0.2, 0.25) is 5.15 Å². The fraction of sp³-hybridized carbons (Fsp3) is 0.333. The van der Waals surface area contributed by atoms with E-state index < -0.39 is 11.9 Å². The molecule has 0 saturated carbocycles. The molecule has 1 aromatic heterocycles. The van der Waals surface area contributed by atoms with Crippen molar-refractivity contribution in [1.82, 2.24) is 15.5 Å². The zero-order chi connectivity index (χ0) is 12.0. The van der Waals surface area contributed by atoms with Crippen molar-refractivity contribution < 1.29 is 14.7 Å². The first kappa shape index (κ1) is 12.4. The molecule has 0 unspecified atom stereocenters. The van der Waals surface area contributed by atoms with Crippen LogP contribution < -0.4 is 5.32 Å². The average Bonchev–Trinajstić information content (AvgIpc) is 2.25. The molecule has 16 heavy (non-hydrogen) atoms. The molecule has 2 N–H and O–H groups in total. The van der Waals surface area contributed by atoms with Crippen LogP contribution in [0.15, 0.2) is 12.1 Å². The highest BCUT2D eigenvalue weighted by Gasteiger charge is 2.07. The number of aromatic nitrogens is 2. The minimum absolute atomic E-state index is 0.0204. The normalized spacial score (nSPS) is 9.81. The third kappa shape index (κ3) is 4.22. The third-order valence-electron chi connectivity index (χ3n) is 1.72. The van der Waals surface area contributed by atoms with Gasteiger partial charge in [-0.05, 0) is 18.6 Å². The predicted octanol–water partition coefficient (Wildman–Crippen LogP) is 0.725. The molecule has 0 radical (unpaired) electrons. The summed E-state index contributed by atoms with van der Waals surface area (Å²) in [5, 5.41) is 18.2. The lowest BCUT2D eigenvalue weighted by molar-refractivity contribution is -0.137. The van der Waals surface area contributed by atoms with Gasteiger partial charge in [-0.1, -0.05) is 11.6 Å². The molecule has 1 rings (SSSR count). The van der Waals surface area contributed by atoms with E-state index in [2.05, 4.69) is 15.5 Å². The lowest BCUT2D eigenvalue weighted by Gasteiger charge is -2.02. The van der Waals surface area contributed by atoms with Crippen molar-refractivity contribution >= 4 is 23.5 Å². The predicted molar refractivity (Wildman–Crippen MR) is 56.2 cm³/mol. The van der Waals surface area contributed by atoms with Crippen molar-refractivity contribution in [1.29, 1.82) is 0 Å². The van der Waals surface area contributed by atoms with Gasteiger partial charge in [-0.3, -0.25) is 9.59 Å². The van der Waals surface area contributed by atoms with Crippen LogP contribution >= 0.6 is 11.6 Å². The van der Waals surface area contributed by atoms with E-state index in [1.54, 1.807) is 0 Å². The highest BCUT2D eigenvalue weighted by atomic mass is 35.5. The Hall–Kier alpha value is -1.69. The number of halogens is 1. The van der Waals surface area contributed by atoms with E-state index >= 15 is 0 Å². The Labute approximate surface area is 96.6 Å². The van der Waals surface area contributed by atoms with Gasteiger partial charge in [-0.15, -0.1) is 10.2 Å². The molecule has 0 fully saturated rings. The van der Waals surface area contributed by atoms with Crippen molar-refractivity contribution in [3.8, 4) is 0 Å². The van der Waals surface area contributed by atoms with Crippen LogP contribution in [0, 0.1) is 0 Å². The van der Waals surface area contributed by atoms with Gasteiger partial charge in [-0.2, -0.15) is 0 Å². The minimum Gasteiger partial charge on any atom is -0.481 e. The van der Waals surface area contributed by atoms with Crippen LogP contribution in [-0.4, -0.2) is 33.7 Å². The Bertz CT molecular complexity index is 380. The van der Waals surface area contributed by atoms with Crippen molar-refractivity contribution in [2.45, 2.75) is 12.8 Å². The molecule has 0 aliphatic heterocycles. The van der Waals surface area contributed by atoms with Gasteiger partial charge < -0.3 is 10.4 Å². The lowest BCUT2D eigenvalue weighted by atomic mass is 10.3. The number of nitrogens with one attached hydrogen (secondary N) is 1. The second-order valence-electron chi connectivity index (χ2n) is 2.99. The number of carboxylic acids is 1. The van der Waals surface area contributed by atoms with Gasteiger partial charge in [0.15, 0.2) is 10.8 Å². The van der Waals surface area contributed by atoms with E-state index in [1.807, 2.05) is 0 Å². The molecule has 6 nitrogen and oxygen atoms in total. The van der Waals surface area contributed by atoms with Gasteiger partial charge >= 0.3 is 5.97 Å². The van der Waals surface area contributed by atoms with Crippen LogP contribution in [0.5, 0.6) is 0 Å². The number of hydrogen-bond acceptors (Lipinski definition) is 4. The summed E-state index contributed by atoms with van der Waals surface area (Å²) in [6.07, 6.45) is 0.397. The fourth-order valence-corrected chi connectivity index (χ4v) is 1.07. The second-order valence-corrected chi connectivity index (χ2v) is 3.38. The molecule has 1 amide bonds. The standard InChI is InChI=1S/C9H10ClN3O3/c10-7-4-3-6(12-13-7)9(16)11-5-1-2-8(14)15/h3-4H,1-2,5H2,(H,11,16)(H,14,15). The SMILES string of the molecule is O=C(O)CCCNC(=O)c1ccc(Cl)nn1. The second kappa shape index (κ2) is 6.02. The molecule has 7 heteroatoms. The van der Waals surface area contributed by atoms with Crippen molar-refractivity contribution in [2.75, 3.05) is 6.54 Å². The molecule has 1 heterocycles. The smallest absolute Gasteiger partial charge is 0.303 e. The maximum Gasteiger partial charge on any atom is 0.303 e. The number of carboxylic acid groups (broad SMARTS) is 1. The minimum atomic E-state index is -0.888. The van der Waals surface area contributed by atoms with Gasteiger partial charge in [0.25, 0.3) is 5.91 Å². The van der Waals surface area contributed by atoms with Crippen LogP contribution in [0.4, 0.5) is 0 Å². The summed E-state index contributed by atoms with van der Waals surface area (Å²) >= 11 is 5.51. The zero-order valence-electron chi connectivity index (χ0n) is 8.31. The van der Waals surface area contributed by atoms with E-state index in [0.29, 0.717) is 6.42 Å². The van der Waals surface area contributed by atoms with E-state index in [-0.39, 0.29) is 23.8 Å². The first-order chi connectivity index (χ1) is 7.59. The Kier molecular flexibility index (Phi) is 4.65. The van der Waals surface area contributed by atoms with E-state index in [9.17, 15) is 9.59 Å². The first-order valence-corrected chi connectivity index (χ1v) is 4.96. The fourth-order valence-electron chi connectivity index (χ4n) is 0.969. The van der Waals surface area contributed by atoms with Gasteiger partial charge in [0, 0.05) is 13.0 Å². The van der Waals surface area contributed by atoms with Crippen LogP contribution in [-0.2, 0) is 4.79 Å². The van der Waals surface area contributed by atoms with Crippen LogP contribution in [0.1, 0.15) is 23.3 Å². The van der Waals surface area contributed by atoms with Crippen molar-refractivity contribution in [2.24, 2.45) is 0 Å². The number of amides is 1.